The number of nitrogens with one attached hydrogen (secondary N) is 1. The van der Waals surface area contributed by atoms with Crippen LogP contribution >= 0.6 is 11.6 Å². The molecule has 2 aromatic rings. The Morgan fingerprint density at radius 2 is 2.25 bits per heavy atom. The average molecular weight is 235 g/mol. The molecule has 16 heavy (non-hydrogen) atoms. The zero-order valence-corrected chi connectivity index (χ0v) is 9.87. The Hall–Kier alpha value is -1.25. The van der Waals surface area contributed by atoms with Crippen molar-refractivity contribution in [2.24, 2.45) is 0 Å². The highest BCUT2D eigenvalue weighted by atomic mass is 35.5. The van der Waals surface area contributed by atoms with E-state index in [2.05, 4.69) is 34.8 Å². The summed E-state index contributed by atoms with van der Waals surface area (Å²) in [5, 5.41) is 5.21. The first-order chi connectivity index (χ1) is 7.83. The third-order valence-corrected chi connectivity index (χ3v) is 2.91. The Bertz CT molecular complexity index is 488. The van der Waals surface area contributed by atoms with Crippen LogP contribution in [0.3, 0.4) is 0 Å². The molecule has 0 saturated heterocycles. The summed E-state index contributed by atoms with van der Waals surface area (Å²) < 4.78 is 2.21. The maximum atomic E-state index is 6.11. The molecule has 1 N–H and O–H groups in total. The van der Waals surface area contributed by atoms with Crippen molar-refractivity contribution in [3.63, 3.8) is 0 Å². The normalized spacial score (nSPS) is 10.8. The van der Waals surface area contributed by atoms with Crippen LogP contribution in [0.1, 0.15) is 0 Å². The van der Waals surface area contributed by atoms with E-state index in [0.29, 0.717) is 0 Å². The lowest BCUT2D eigenvalue weighted by atomic mass is 10.2. The number of benzene rings is 1. The lowest BCUT2D eigenvalue weighted by molar-refractivity contribution is 0.641. The molecule has 0 fully saturated rings. The van der Waals surface area contributed by atoms with Crippen molar-refractivity contribution >= 4 is 22.5 Å². The summed E-state index contributed by atoms with van der Waals surface area (Å²) >= 11 is 6.11. The molecule has 0 amide bonds. The fourth-order valence-electron chi connectivity index (χ4n) is 1.78. The molecule has 2 rings (SSSR count). The summed E-state index contributed by atoms with van der Waals surface area (Å²) in [6.45, 7) is 6.39. The fraction of sp³-hybridized carbons (Fsp3) is 0.231. The van der Waals surface area contributed by atoms with Gasteiger partial charge in [0, 0.05) is 41.8 Å². The number of aromatic nitrogens is 1. The van der Waals surface area contributed by atoms with Crippen LogP contribution < -0.4 is 5.32 Å². The van der Waals surface area contributed by atoms with Gasteiger partial charge in [-0.25, -0.2) is 0 Å². The first-order valence-corrected chi connectivity index (χ1v) is 5.75. The SMILES string of the molecule is C=CCNCCn1ccc2c(Cl)cccc21. The van der Waals surface area contributed by atoms with E-state index in [1.807, 2.05) is 18.2 Å². The monoisotopic (exact) mass is 234 g/mol. The summed E-state index contributed by atoms with van der Waals surface area (Å²) in [5.41, 5.74) is 1.19. The smallest absolute Gasteiger partial charge is 0.0499 e. The first-order valence-electron chi connectivity index (χ1n) is 5.38. The molecule has 0 aliphatic rings. The molecule has 2 nitrogen and oxygen atoms in total. The van der Waals surface area contributed by atoms with Gasteiger partial charge in [-0.15, -0.1) is 6.58 Å². The number of fused-ring (bicyclic) bond motifs is 1. The predicted octanol–water partition coefficient (Wildman–Crippen LogP) is 3.07. The molecule has 0 bridgehead atoms. The Kier molecular flexibility index (Phi) is 3.65. The number of halogens is 1. The minimum Gasteiger partial charge on any atom is -0.346 e. The number of hydrogen-bond donors (Lipinski definition) is 1. The highest BCUT2D eigenvalue weighted by molar-refractivity contribution is 6.35. The van der Waals surface area contributed by atoms with Gasteiger partial charge in [-0.2, -0.15) is 0 Å². The maximum absolute atomic E-state index is 6.11. The lowest BCUT2D eigenvalue weighted by Crippen LogP contribution is -2.19. The minimum absolute atomic E-state index is 0.815. The van der Waals surface area contributed by atoms with Gasteiger partial charge in [0.2, 0.25) is 0 Å². The molecule has 0 spiro atoms. The Balaban J connectivity index is 2.13. The van der Waals surface area contributed by atoms with Crippen molar-refractivity contribution in [2.75, 3.05) is 13.1 Å². The van der Waals surface area contributed by atoms with Crippen LogP contribution in [0.2, 0.25) is 5.02 Å². The van der Waals surface area contributed by atoms with Crippen LogP contribution in [-0.2, 0) is 6.54 Å². The van der Waals surface area contributed by atoms with Crippen molar-refractivity contribution in [3.8, 4) is 0 Å². The van der Waals surface area contributed by atoms with Crippen LogP contribution in [-0.4, -0.2) is 17.7 Å². The Labute approximate surface area is 101 Å². The van der Waals surface area contributed by atoms with Crippen LogP contribution in [0.4, 0.5) is 0 Å². The van der Waals surface area contributed by atoms with Gasteiger partial charge in [0.25, 0.3) is 0 Å². The van der Waals surface area contributed by atoms with E-state index < -0.39 is 0 Å². The summed E-state index contributed by atoms with van der Waals surface area (Å²) in [6, 6.07) is 8.06. The van der Waals surface area contributed by atoms with Crippen molar-refractivity contribution in [2.45, 2.75) is 6.54 Å². The molecule has 3 heteroatoms. The van der Waals surface area contributed by atoms with Crippen molar-refractivity contribution in [1.29, 1.82) is 0 Å². The second-order valence-electron chi connectivity index (χ2n) is 3.67. The third kappa shape index (κ3) is 2.29. The molecular formula is C13H15ClN2. The maximum Gasteiger partial charge on any atom is 0.0499 e. The molecule has 0 aliphatic heterocycles. The second kappa shape index (κ2) is 5.19. The molecule has 0 atom stereocenters. The van der Waals surface area contributed by atoms with Gasteiger partial charge in [-0.3, -0.25) is 0 Å². The second-order valence-corrected chi connectivity index (χ2v) is 4.08. The van der Waals surface area contributed by atoms with E-state index in [9.17, 15) is 0 Å². The molecule has 1 heterocycles. The highest BCUT2D eigenvalue weighted by Crippen LogP contribution is 2.23. The van der Waals surface area contributed by atoms with E-state index in [0.717, 1.165) is 30.0 Å². The van der Waals surface area contributed by atoms with Gasteiger partial charge in [0.05, 0.1) is 0 Å². The van der Waals surface area contributed by atoms with E-state index in [1.165, 1.54) is 5.52 Å². The summed E-state index contributed by atoms with van der Waals surface area (Å²) in [6.07, 6.45) is 3.94. The standard InChI is InChI=1S/C13H15ClN2/c1-2-7-15-8-10-16-9-6-11-12(14)4-3-5-13(11)16/h2-6,9,15H,1,7-8,10H2. The van der Waals surface area contributed by atoms with Crippen LogP contribution in [0.15, 0.2) is 43.1 Å². The Morgan fingerprint density at radius 3 is 3.06 bits per heavy atom. The van der Waals surface area contributed by atoms with Crippen LogP contribution in [0.5, 0.6) is 0 Å². The lowest BCUT2D eigenvalue weighted by Gasteiger charge is -2.06. The van der Waals surface area contributed by atoms with Crippen molar-refractivity contribution < 1.29 is 0 Å². The number of hydrogen-bond acceptors (Lipinski definition) is 1. The van der Waals surface area contributed by atoms with Gasteiger partial charge in [0.15, 0.2) is 0 Å². The zero-order chi connectivity index (χ0) is 11.4. The summed E-state index contributed by atoms with van der Waals surface area (Å²) in [7, 11) is 0. The van der Waals surface area contributed by atoms with E-state index in [-0.39, 0.29) is 0 Å². The number of nitrogens with zero attached hydrogens (tertiary/aromatic N) is 1. The quantitative estimate of drug-likeness (QED) is 0.622. The molecular weight excluding hydrogens is 220 g/mol. The molecule has 0 unspecified atom stereocenters. The predicted molar refractivity (Wildman–Crippen MR) is 70.0 cm³/mol. The van der Waals surface area contributed by atoms with Gasteiger partial charge < -0.3 is 9.88 Å². The molecule has 1 aromatic carbocycles. The van der Waals surface area contributed by atoms with E-state index in [1.54, 1.807) is 0 Å². The summed E-state index contributed by atoms with van der Waals surface area (Å²) in [5.74, 6) is 0. The summed E-state index contributed by atoms with van der Waals surface area (Å²) in [4.78, 5) is 0. The Morgan fingerprint density at radius 1 is 1.38 bits per heavy atom. The van der Waals surface area contributed by atoms with Gasteiger partial charge in [-0.05, 0) is 18.2 Å². The largest absolute Gasteiger partial charge is 0.346 e. The van der Waals surface area contributed by atoms with E-state index >= 15 is 0 Å². The zero-order valence-electron chi connectivity index (χ0n) is 9.12. The topological polar surface area (TPSA) is 17.0 Å². The molecule has 84 valence electrons. The first kappa shape index (κ1) is 11.2. The van der Waals surface area contributed by atoms with Crippen molar-refractivity contribution in [3.05, 3.63) is 48.1 Å². The number of rotatable bonds is 5. The molecule has 0 saturated carbocycles. The average Bonchev–Trinajstić information content (AvgIpc) is 2.70. The van der Waals surface area contributed by atoms with Gasteiger partial charge in [-0.1, -0.05) is 23.7 Å². The third-order valence-electron chi connectivity index (χ3n) is 2.58. The van der Waals surface area contributed by atoms with Crippen molar-refractivity contribution in [1.82, 2.24) is 9.88 Å². The highest BCUT2D eigenvalue weighted by Gasteiger charge is 2.02. The minimum atomic E-state index is 0.815. The van der Waals surface area contributed by atoms with Gasteiger partial charge in [0.1, 0.15) is 0 Å². The molecule has 0 radical (unpaired) electrons. The molecule has 0 aliphatic carbocycles. The van der Waals surface area contributed by atoms with E-state index in [4.69, 9.17) is 11.6 Å². The van der Waals surface area contributed by atoms with Gasteiger partial charge >= 0.3 is 0 Å². The fourth-order valence-corrected chi connectivity index (χ4v) is 2.02. The van der Waals surface area contributed by atoms with Crippen LogP contribution in [0, 0.1) is 0 Å². The van der Waals surface area contributed by atoms with Crippen LogP contribution in [0.25, 0.3) is 10.9 Å². The molecule has 1 aromatic heterocycles.